The quantitative estimate of drug-likeness (QED) is 0.388. The van der Waals surface area contributed by atoms with Gasteiger partial charge < -0.3 is 12.4 Å². The summed E-state index contributed by atoms with van der Waals surface area (Å²) in [6.07, 6.45) is 0. The third-order valence-corrected chi connectivity index (χ3v) is 0.904. The van der Waals surface area contributed by atoms with E-state index in [1.54, 1.807) is 6.07 Å². The van der Waals surface area contributed by atoms with Crippen LogP contribution in [0.2, 0.25) is 5.02 Å². The fraction of sp³-hybridized carbons (Fsp3) is 0. The van der Waals surface area contributed by atoms with Crippen LogP contribution in [0, 0.1) is 6.07 Å². The van der Waals surface area contributed by atoms with Crippen LogP contribution >= 0.6 is 11.6 Å². The van der Waals surface area contributed by atoms with Gasteiger partial charge >= 0.3 is 19.5 Å². The Balaban J connectivity index is 0. The average molecular weight is 212 g/mol. The molecule has 0 bridgehead atoms. The van der Waals surface area contributed by atoms with Crippen LogP contribution in [0.3, 0.4) is 0 Å². The van der Waals surface area contributed by atoms with Gasteiger partial charge in [0.05, 0.1) is 0 Å². The van der Waals surface area contributed by atoms with Crippen molar-refractivity contribution < 1.29 is 31.9 Å². The Bertz CT molecular complexity index is 141. The summed E-state index contributed by atoms with van der Waals surface area (Å²) < 4.78 is 0. The van der Waals surface area contributed by atoms with Gasteiger partial charge in [0.2, 0.25) is 0 Å². The molecule has 1 aromatic carbocycles. The van der Waals surface area contributed by atoms with Crippen LogP contribution in [-0.2, 0) is 19.5 Å². The number of hydrogen-bond donors (Lipinski definition) is 0. The van der Waals surface area contributed by atoms with Crippen molar-refractivity contribution in [2.45, 2.75) is 0 Å². The Morgan fingerprint density at radius 1 is 1.44 bits per heavy atom. The Morgan fingerprint density at radius 3 is 2.33 bits per heavy atom. The average Bonchev–Trinajstić information content (AvgIpc) is 1.69. The van der Waals surface area contributed by atoms with E-state index in [1.807, 2.05) is 18.2 Å². The monoisotopic (exact) mass is 210 g/mol. The van der Waals surface area contributed by atoms with Gasteiger partial charge in [-0.1, -0.05) is 5.02 Å². The maximum absolute atomic E-state index is 5.51. The van der Waals surface area contributed by atoms with Crippen LogP contribution in [0.5, 0.6) is 0 Å². The molecule has 0 saturated carbocycles. The predicted molar refractivity (Wildman–Crippen MR) is 30.3 cm³/mol. The van der Waals surface area contributed by atoms with E-state index in [1.165, 1.54) is 0 Å². The van der Waals surface area contributed by atoms with Gasteiger partial charge in [-0.25, -0.2) is 0 Å². The summed E-state index contributed by atoms with van der Waals surface area (Å²) in [4.78, 5) is 0. The molecule has 0 unspecified atom stereocenters. The molecule has 3 heteroatoms. The van der Waals surface area contributed by atoms with Gasteiger partial charge in [-0.2, -0.15) is 41.9 Å². The van der Waals surface area contributed by atoms with Crippen molar-refractivity contribution in [3.63, 3.8) is 0 Å². The van der Waals surface area contributed by atoms with Crippen molar-refractivity contribution in [2.24, 2.45) is 0 Å². The van der Waals surface area contributed by atoms with E-state index in [2.05, 4.69) is 6.07 Å². The van der Waals surface area contributed by atoms with Gasteiger partial charge in [0.1, 0.15) is 0 Å². The minimum atomic E-state index is 0. The first kappa shape index (κ1) is 12.1. The first-order chi connectivity index (χ1) is 3.39. The minimum Gasteiger partial charge on any atom is -1.00 e. The fourth-order valence-electron chi connectivity index (χ4n) is 0.371. The first-order valence-corrected chi connectivity index (χ1v) is 2.39. The maximum atomic E-state index is 5.51. The Morgan fingerprint density at radius 2 is 2.11 bits per heavy atom. The van der Waals surface area contributed by atoms with Crippen molar-refractivity contribution in [2.75, 3.05) is 0 Å². The van der Waals surface area contributed by atoms with Crippen molar-refractivity contribution in [1.82, 2.24) is 0 Å². The van der Waals surface area contributed by atoms with Crippen LogP contribution in [0.15, 0.2) is 24.3 Å². The molecule has 0 heterocycles. The molecule has 0 radical (unpaired) electrons. The molecule has 1 aromatic rings. The van der Waals surface area contributed by atoms with E-state index in [-0.39, 0.29) is 31.9 Å². The third-order valence-electron chi connectivity index (χ3n) is 0.669. The molecule has 0 aliphatic rings. The van der Waals surface area contributed by atoms with Gasteiger partial charge in [-0.3, -0.25) is 0 Å². The Kier molecular flexibility index (Phi) is 8.82. The van der Waals surface area contributed by atoms with E-state index in [4.69, 9.17) is 11.6 Å². The zero-order chi connectivity index (χ0) is 5.11. The minimum absolute atomic E-state index is 0. The summed E-state index contributed by atoms with van der Waals surface area (Å²) in [7, 11) is 0. The van der Waals surface area contributed by atoms with Crippen LogP contribution < -0.4 is 12.4 Å². The number of hydrogen-bond acceptors (Lipinski definition) is 0. The number of benzene rings is 1. The smallest absolute Gasteiger partial charge is 1.00 e. The molecule has 0 nitrogen and oxygen atoms in total. The molecule has 0 spiro atoms. The molecule has 0 N–H and O–H groups in total. The topological polar surface area (TPSA) is 0 Å². The van der Waals surface area contributed by atoms with Gasteiger partial charge in [0, 0.05) is 0 Å². The van der Waals surface area contributed by atoms with Crippen LogP contribution in [0.4, 0.5) is 0 Å². The van der Waals surface area contributed by atoms with E-state index in [0.717, 1.165) is 5.02 Å². The summed E-state index contributed by atoms with van der Waals surface area (Å²) >= 11 is 5.51. The van der Waals surface area contributed by atoms with Crippen molar-refractivity contribution >= 4 is 11.6 Å². The third kappa shape index (κ3) is 4.90. The van der Waals surface area contributed by atoms with Gasteiger partial charge in [-0.05, 0) is 0 Å². The van der Waals surface area contributed by atoms with Gasteiger partial charge in [-0.15, -0.1) is 0 Å². The molecule has 0 atom stereocenters. The van der Waals surface area contributed by atoms with Crippen LogP contribution in [0.1, 0.15) is 0 Å². The van der Waals surface area contributed by atoms with Gasteiger partial charge in [0.15, 0.2) is 0 Å². The van der Waals surface area contributed by atoms with Crippen molar-refractivity contribution in [1.29, 1.82) is 0 Å². The van der Waals surface area contributed by atoms with E-state index in [9.17, 15) is 0 Å². The van der Waals surface area contributed by atoms with Crippen LogP contribution in [0.25, 0.3) is 0 Å². The normalized spacial score (nSPS) is 6.78. The molecule has 0 amide bonds. The van der Waals surface area contributed by atoms with Gasteiger partial charge in [0.25, 0.3) is 0 Å². The summed E-state index contributed by atoms with van der Waals surface area (Å²) in [5.41, 5.74) is 0. The fourth-order valence-corrected chi connectivity index (χ4v) is 0.507. The molecule has 0 saturated heterocycles. The molecule has 0 aliphatic carbocycles. The molecule has 1 rings (SSSR count). The second-order valence-electron chi connectivity index (χ2n) is 1.22. The number of halogens is 2. The van der Waals surface area contributed by atoms with E-state index < -0.39 is 0 Å². The standard InChI is InChI=1S/C6H4Cl.ClH.Zn/c7-6-4-2-1-3-5-6;;/h1-2,4-5H;1H;/q-1;;+2/p-1. The molecular weight excluding hydrogens is 208 g/mol. The largest absolute Gasteiger partial charge is 2.00 e. The molecule has 44 valence electrons. The zero-order valence-corrected chi connectivity index (χ0v) is 9.25. The van der Waals surface area contributed by atoms with Crippen molar-refractivity contribution in [3.8, 4) is 0 Å². The van der Waals surface area contributed by atoms with Crippen molar-refractivity contribution in [3.05, 3.63) is 35.4 Å². The molecule has 0 aromatic heterocycles. The van der Waals surface area contributed by atoms with E-state index in [0.29, 0.717) is 0 Å². The summed E-state index contributed by atoms with van der Waals surface area (Å²) in [5, 5.41) is 0.738. The van der Waals surface area contributed by atoms with Crippen LogP contribution in [-0.4, -0.2) is 0 Å². The second-order valence-corrected chi connectivity index (χ2v) is 1.66. The summed E-state index contributed by atoms with van der Waals surface area (Å²) in [6, 6.07) is 10.0. The molecular formula is C6H4Cl2Zn. The predicted octanol–water partition coefficient (Wildman–Crippen LogP) is -0.858. The number of rotatable bonds is 0. The van der Waals surface area contributed by atoms with E-state index >= 15 is 0 Å². The second kappa shape index (κ2) is 6.54. The Labute approximate surface area is 78.8 Å². The SMILES string of the molecule is Clc1c[c-]ccc1.[Cl-].[Zn+2]. The zero-order valence-electron chi connectivity index (χ0n) is 4.77. The maximum Gasteiger partial charge on any atom is 2.00 e. The molecule has 0 fully saturated rings. The summed E-state index contributed by atoms with van der Waals surface area (Å²) in [5.74, 6) is 0. The molecule has 0 aliphatic heterocycles. The summed E-state index contributed by atoms with van der Waals surface area (Å²) in [6.45, 7) is 0. The Hall–Kier alpha value is 0.423. The molecule has 9 heavy (non-hydrogen) atoms. The first-order valence-electron chi connectivity index (χ1n) is 2.01.